The van der Waals surface area contributed by atoms with Crippen LogP contribution < -0.4 is 5.32 Å². The topological polar surface area (TPSA) is 83.7 Å². The van der Waals surface area contributed by atoms with Gasteiger partial charge in [0, 0.05) is 12.3 Å². The highest BCUT2D eigenvalue weighted by Crippen LogP contribution is 2.28. The molecule has 0 saturated heterocycles. The zero-order valence-corrected chi connectivity index (χ0v) is 13.8. The number of rotatable bonds is 4. The summed E-state index contributed by atoms with van der Waals surface area (Å²) < 4.78 is 1.76. The lowest BCUT2D eigenvalue weighted by Gasteiger charge is -2.33. The van der Waals surface area contributed by atoms with Crippen LogP contribution in [-0.2, 0) is 9.59 Å². The summed E-state index contributed by atoms with van der Waals surface area (Å²) in [5.74, 6) is -1.42. The maximum atomic E-state index is 12.2. The SMILES string of the molecule is O=C(C=Cc1c(Cl)nc2ccccn12)NC1(C(=O)O)CCCCC1. The molecule has 3 rings (SSSR count). The Bertz CT molecular complexity index is 807. The maximum Gasteiger partial charge on any atom is 0.329 e. The van der Waals surface area contributed by atoms with Crippen molar-refractivity contribution in [1.29, 1.82) is 0 Å². The van der Waals surface area contributed by atoms with Crippen LogP contribution in [0.2, 0.25) is 5.15 Å². The van der Waals surface area contributed by atoms with Gasteiger partial charge in [-0.1, -0.05) is 36.9 Å². The van der Waals surface area contributed by atoms with Gasteiger partial charge in [-0.25, -0.2) is 9.78 Å². The molecule has 1 fully saturated rings. The molecule has 0 unspecified atom stereocenters. The molecule has 1 aliphatic carbocycles. The molecule has 0 bridgehead atoms. The minimum absolute atomic E-state index is 0.288. The Balaban J connectivity index is 1.79. The van der Waals surface area contributed by atoms with E-state index in [1.807, 2.05) is 18.2 Å². The number of hydrogen-bond donors (Lipinski definition) is 2. The number of pyridine rings is 1. The average molecular weight is 348 g/mol. The summed E-state index contributed by atoms with van der Waals surface area (Å²) in [6.07, 6.45) is 8.17. The predicted octanol–water partition coefficient (Wildman–Crippen LogP) is 2.90. The molecule has 24 heavy (non-hydrogen) atoms. The van der Waals surface area contributed by atoms with E-state index in [1.165, 1.54) is 6.08 Å². The highest BCUT2D eigenvalue weighted by Gasteiger charge is 2.40. The van der Waals surface area contributed by atoms with E-state index in [0.717, 1.165) is 19.3 Å². The molecule has 2 aromatic rings. The Kier molecular flexibility index (Phi) is 4.57. The fourth-order valence-electron chi connectivity index (χ4n) is 3.11. The Labute approximate surface area is 144 Å². The lowest BCUT2D eigenvalue weighted by Crippen LogP contribution is -2.55. The molecule has 6 nitrogen and oxygen atoms in total. The van der Waals surface area contributed by atoms with Crippen molar-refractivity contribution in [3.05, 3.63) is 41.3 Å². The molecular weight excluding hydrogens is 330 g/mol. The highest BCUT2D eigenvalue weighted by molar-refractivity contribution is 6.31. The fourth-order valence-corrected chi connectivity index (χ4v) is 3.36. The fraction of sp³-hybridized carbons (Fsp3) is 0.353. The van der Waals surface area contributed by atoms with Gasteiger partial charge in [0.1, 0.15) is 11.2 Å². The van der Waals surface area contributed by atoms with Crippen molar-refractivity contribution in [2.24, 2.45) is 0 Å². The average Bonchev–Trinajstić information content (AvgIpc) is 2.89. The first kappa shape index (κ1) is 16.5. The molecule has 0 aromatic carbocycles. The molecule has 0 aliphatic heterocycles. The van der Waals surface area contributed by atoms with Crippen molar-refractivity contribution in [3.8, 4) is 0 Å². The molecule has 1 amide bonds. The van der Waals surface area contributed by atoms with Crippen LogP contribution in [0.3, 0.4) is 0 Å². The number of imidazole rings is 1. The second kappa shape index (κ2) is 6.65. The Morgan fingerprint density at radius 3 is 2.75 bits per heavy atom. The third-order valence-electron chi connectivity index (χ3n) is 4.39. The molecule has 0 radical (unpaired) electrons. The van der Waals surface area contributed by atoms with Crippen LogP contribution in [0.25, 0.3) is 11.7 Å². The third kappa shape index (κ3) is 3.14. The van der Waals surface area contributed by atoms with E-state index in [1.54, 1.807) is 16.7 Å². The third-order valence-corrected chi connectivity index (χ3v) is 4.67. The van der Waals surface area contributed by atoms with Crippen molar-refractivity contribution in [1.82, 2.24) is 14.7 Å². The van der Waals surface area contributed by atoms with Gasteiger partial charge in [-0.3, -0.25) is 9.20 Å². The molecule has 2 N–H and O–H groups in total. The van der Waals surface area contributed by atoms with Gasteiger partial charge in [0.15, 0.2) is 5.15 Å². The number of fused-ring (bicyclic) bond motifs is 1. The first-order valence-corrected chi connectivity index (χ1v) is 8.26. The smallest absolute Gasteiger partial charge is 0.329 e. The molecule has 2 heterocycles. The lowest BCUT2D eigenvalue weighted by atomic mass is 9.81. The molecule has 0 spiro atoms. The van der Waals surface area contributed by atoms with Crippen LogP contribution in [0.1, 0.15) is 37.8 Å². The number of carbonyl (C=O) groups is 2. The van der Waals surface area contributed by atoms with Crippen LogP contribution in [0.5, 0.6) is 0 Å². The summed E-state index contributed by atoms with van der Waals surface area (Å²) in [6.45, 7) is 0. The van der Waals surface area contributed by atoms with Gasteiger partial charge in [0.25, 0.3) is 0 Å². The summed E-state index contributed by atoms with van der Waals surface area (Å²) >= 11 is 6.11. The summed E-state index contributed by atoms with van der Waals surface area (Å²) in [6, 6.07) is 5.49. The Hall–Kier alpha value is -2.34. The van der Waals surface area contributed by atoms with Crippen LogP contribution in [-0.4, -0.2) is 31.9 Å². The van der Waals surface area contributed by atoms with Gasteiger partial charge in [-0.2, -0.15) is 0 Å². The largest absolute Gasteiger partial charge is 0.480 e. The van der Waals surface area contributed by atoms with Crippen LogP contribution >= 0.6 is 11.6 Å². The van der Waals surface area contributed by atoms with E-state index >= 15 is 0 Å². The van der Waals surface area contributed by atoms with E-state index in [9.17, 15) is 14.7 Å². The number of aromatic nitrogens is 2. The second-order valence-electron chi connectivity index (χ2n) is 5.99. The van der Waals surface area contributed by atoms with Crippen molar-refractivity contribution in [2.75, 3.05) is 0 Å². The van der Waals surface area contributed by atoms with E-state index in [4.69, 9.17) is 11.6 Å². The number of nitrogens with one attached hydrogen (secondary N) is 1. The molecular formula is C17H18ClN3O3. The standard InChI is InChI=1S/C17H18ClN3O3/c18-15-12(21-11-5-2-6-13(21)19-15)7-8-14(22)20-17(16(23)24)9-3-1-4-10-17/h2,5-8,11H,1,3-4,9-10H2,(H,20,22)(H,23,24). The van der Waals surface area contributed by atoms with E-state index < -0.39 is 17.4 Å². The van der Waals surface area contributed by atoms with Gasteiger partial charge < -0.3 is 10.4 Å². The zero-order valence-electron chi connectivity index (χ0n) is 13.0. The summed E-state index contributed by atoms with van der Waals surface area (Å²) in [4.78, 5) is 28.0. The minimum atomic E-state index is -1.16. The van der Waals surface area contributed by atoms with Gasteiger partial charge in [0.05, 0.1) is 5.69 Å². The van der Waals surface area contributed by atoms with E-state index in [2.05, 4.69) is 10.3 Å². The predicted molar refractivity (Wildman–Crippen MR) is 90.8 cm³/mol. The van der Waals surface area contributed by atoms with Crippen LogP contribution in [0.4, 0.5) is 0 Å². The second-order valence-corrected chi connectivity index (χ2v) is 6.35. The number of amides is 1. The summed E-state index contributed by atoms with van der Waals surface area (Å²) in [7, 11) is 0. The van der Waals surface area contributed by atoms with Crippen LogP contribution in [0.15, 0.2) is 30.5 Å². The molecule has 1 saturated carbocycles. The van der Waals surface area contributed by atoms with Crippen LogP contribution in [0, 0.1) is 0 Å². The van der Waals surface area contributed by atoms with Gasteiger partial charge in [-0.05, 0) is 31.1 Å². The maximum absolute atomic E-state index is 12.2. The Morgan fingerprint density at radius 2 is 2.04 bits per heavy atom. The van der Waals surface area contributed by atoms with Crippen molar-refractivity contribution < 1.29 is 14.7 Å². The van der Waals surface area contributed by atoms with Gasteiger partial charge >= 0.3 is 5.97 Å². The number of halogens is 1. The van der Waals surface area contributed by atoms with Gasteiger partial charge in [0.2, 0.25) is 5.91 Å². The first-order valence-electron chi connectivity index (χ1n) is 7.88. The molecule has 126 valence electrons. The molecule has 0 atom stereocenters. The molecule has 1 aliphatic rings. The number of hydrogen-bond acceptors (Lipinski definition) is 3. The normalized spacial score (nSPS) is 17.2. The van der Waals surface area contributed by atoms with Crippen molar-refractivity contribution >= 4 is 35.2 Å². The lowest BCUT2D eigenvalue weighted by molar-refractivity contribution is -0.148. The number of carboxylic acid groups (broad SMARTS) is 1. The van der Waals surface area contributed by atoms with E-state index in [0.29, 0.717) is 24.2 Å². The quantitative estimate of drug-likeness (QED) is 0.833. The minimum Gasteiger partial charge on any atom is -0.480 e. The monoisotopic (exact) mass is 347 g/mol. The number of carboxylic acids is 1. The summed E-state index contributed by atoms with van der Waals surface area (Å²) in [5.41, 5.74) is 0.0930. The number of nitrogens with zero attached hydrogens (tertiary/aromatic N) is 2. The first-order chi connectivity index (χ1) is 11.5. The van der Waals surface area contributed by atoms with Gasteiger partial charge in [-0.15, -0.1) is 0 Å². The zero-order chi connectivity index (χ0) is 17.2. The van der Waals surface area contributed by atoms with E-state index in [-0.39, 0.29) is 5.15 Å². The molecule has 2 aromatic heterocycles. The highest BCUT2D eigenvalue weighted by atomic mass is 35.5. The Morgan fingerprint density at radius 1 is 1.29 bits per heavy atom. The van der Waals surface area contributed by atoms with Crippen molar-refractivity contribution in [3.63, 3.8) is 0 Å². The number of carbonyl (C=O) groups excluding carboxylic acids is 1. The van der Waals surface area contributed by atoms with Crippen molar-refractivity contribution in [2.45, 2.75) is 37.6 Å². The summed E-state index contributed by atoms with van der Waals surface area (Å²) in [5, 5.41) is 12.5. The molecule has 7 heteroatoms. The number of aliphatic carboxylic acids is 1.